The molecule has 540 valence electrons. The molecule has 0 amide bonds. The van der Waals surface area contributed by atoms with Gasteiger partial charge in [-0.2, -0.15) is 15.8 Å². The van der Waals surface area contributed by atoms with Gasteiger partial charge >= 0.3 is 17.9 Å². The summed E-state index contributed by atoms with van der Waals surface area (Å²) < 4.78 is 14.0. The van der Waals surface area contributed by atoms with Crippen LogP contribution in [0.1, 0.15) is 119 Å². The normalized spacial score (nSPS) is 10.6. The third-order valence-corrected chi connectivity index (χ3v) is 14.4. The number of carbonyl (C=O) groups excluding carboxylic acids is 2. The number of aromatic nitrogens is 15. The molecule has 11 aromatic rings. The average molecular weight is 1430 g/mol. The van der Waals surface area contributed by atoms with Crippen molar-refractivity contribution in [2.75, 3.05) is 35.6 Å². The predicted molar refractivity (Wildman–Crippen MR) is 399 cm³/mol. The van der Waals surface area contributed by atoms with Crippen molar-refractivity contribution in [3.8, 4) is 87.1 Å². The van der Waals surface area contributed by atoms with Crippen molar-refractivity contribution in [3.63, 3.8) is 0 Å². The quantitative estimate of drug-likeness (QED) is 0.0152. The number of benzene rings is 3. The smallest absolute Gasteiger partial charge is 0.325 e. The number of hydrogen-bond donors (Lipinski definition) is 4. The third kappa shape index (κ3) is 25.4. The predicted octanol–water partition coefficient (Wildman–Crippen LogP) is 12.0. The summed E-state index contributed by atoms with van der Waals surface area (Å²) in [5, 5.41) is 65.4. The number of carbonyl (C=O) groups is 3. The fourth-order valence-electron chi connectivity index (χ4n) is 9.68. The van der Waals surface area contributed by atoms with Crippen LogP contribution in [0.15, 0.2) is 163 Å². The maximum Gasteiger partial charge on any atom is 0.325 e. The first-order valence-electron chi connectivity index (χ1n) is 33.6. The topological polar surface area (TPSA) is 424 Å². The number of anilines is 3. The summed E-state index contributed by atoms with van der Waals surface area (Å²) in [6.07, 6.45) is 11.6. The van der Waals surface area contributed by atoms with E-state index in [1.807, 2.05) is 79.7 Å². The first-order chi connectivity index (χ1) is 51.4. The monoisotopic (exact) mass is 1430 g/mol. The fourth-order valence-corrected chi connectivity index (χ4v) is 9.68. The summed E-state index contributed by atoms with van der Waals surface area (Å²) in [6, 6.07) is 50.1. The second-order valence-corrected chi connectivity index (χ2v) is 25.1. The average Bonchev–Trinajstić information content (AvgIpc) is 1.51. The van der Waals surface area contributed by atoms with E-state index >= 15 is 0 Å². The number of pyridine rings is 3. The lowest BCUT2D eigenvalue weighted by Crippen LogP contribution is -2.28. The van der Waals surface area contributed by atoms with Crippen LogP contribution < -0.4 is 16.0 Å². The van der Waals surface area contributed by atoms with Crippen LogP contribution in [0.2, 0.25) is 0 Å². The summed E-state index contributed by atoms with van der Waals surface area (Å²) in [6.45, 7) is 17.7. The van der Waals surface area contributed by atoms with E-state index in [-0.39, 0.29) is 37.5 Å². The number of nitrogens with one attached hydrogen (secondary N) is 3. The molecule has 0 aliphatic rings. The van der Waals surface area contributed by atoms with E-state index in [0.29, 0.717) is 87.4 Å². The number of carboxylic acid groups (broad SMARTS) is 1. The van der Waals surface area contributed by atoms with Crippen molar-refractivity contribution >= 4 is 35.8 Å². The molecule has 0 aliphatic heterocycles. The number of rotatable bonds is 23. The molecule has 8 aromatic heterocycles. The lowest BCUT2D eigenvalue weighted by molar-refractivity contribution is -0.153. The van der Waals surface area contributed by atoms with E-state index in [1.165, 1.54) is 0 Å². The van der Waals surface area contributed by atoms with Crippen LogP contribution in [-0.4, -0.2) is 129 Å². The van der Waals surface area contributed by atoms with Crippen LogP contribution in [0, 0.1) is 46.3 Å². The second-order valence-electron chi connectivity index (χ2n) is 25.1. The molecule has 30 heteroatoms. The van der Waals surface area contributed by atoms with Crippen molar-refractivity contribution < 1.29 is 29.0 Å². The minimum absolute atomic E-state index is 0.0804. The van der Waals surface area contributed by atoms with Gasteiger partial charge in [0.05, 0.1) is 107 Å². The van der Waals surface area contributed by atoms with E-state index in [9.17, 15) is 24.9 Å². The lowest BCUT2D eigenvalue weighted by Gasteiger charge is -2.19. The first kappa shape index (κ1) is 78.5. The van der Waals surface area contributed by atoms with E-state index in [2.05, 4.69) is 129 Å². The molecule has 0 bridgehead atoms. The fraction of sp³-hybridized carbons (Fsp3) is 0.260. The summed E-state index contributed by atoms with van der Waals surface area (Å²) in [4.78, 5) is 77.7. The highest BCUT2D eigenvalue weighted by Gasteiger charge is 2.21. The Morgan fingerprint density at radius 1 is 0.486 bits per heavy atom. The molecular weight excluding hydrogens is 1360 g/mol. The molecule has 0 aliphatic carbocycles. The van der Waals surface area contributed by atoms with Gasteiger partial charge in [-0.3, -0.25) is 29.3 Å². The summed E-state index contributed by atoms with van der Waals surface area (Å²) in [7, 11) is 0. The van der Waals surface area contributed by atoms with Crippen molar-refractivity contribution in [1.29, 1.82) is 15.8 Å². The van der Waals surface area contributed by atoms with Gasteiger partial charge in [0, 0.05) is 44.4 Å². The van der Waals surface area contributed by atoms with E-state index in [0.717, 1.165) is 64.6 Å². The molecule has 4 N–H and O–H groups in total. The number of carboxylic acids is 1. The first-order valence-corrected chi connectivity index (χ1v) is 33.6. The molecule has 0 saturated heterocycles. The Balaban J connectivity index is 0.000000190. The molecule has 8 heterocycles. The van der Waals surface area contributed by atoms with Gasteiger partial charge in [0.25, 0.3) is 0 Å². The number of aryl methyl sites for hydroxylation is 3. The molecule has 0 fully saturated rings. The van der Waals surface area contributed by atoms with Crippen LogP contribution in [0.4, 0.5) is 17.8 Å². The van der Waals surface area contributed by atoms with Gasteiger partial charge in [-0.25, -0.2) is 39.3 Å². The summed E-state index contributed by atoms with van der Waals surface area (Å²) >= 11 is 0. The highest BCUT2D eigenvalue weighted by atomic mass is 16.6. The van der Waals surface area contributed by atoms with Gasteiger partial charge < -0.3 is 30.5 Å². The van der Waals surface area contributed by atoms with Gasteiger partial charge in [0.1, 0.15) is 47.9 Å². The van der Waals surface area contributed by atoms with Crippen LogP contribution in [0.25, 0.3) is 67.0 Å². The van der Waals surface area contributed by atoms with Gasteiger partial charge in [0.2, 0.25) is 17.8 Å². The highest BCUT2D eigenvalue weighted by molar-refractivity contribution is 5.77. The molecule has 0 saturated carbocycles. The van der Waals surface area contributed by atoms with Gasteiger partial charge in [-0.1, -0.05) is 96.8 Å². The van der Waals surface area contributed by atoms with E-state index in [1.54, 1.807) is 136 Å². The zero-order valence-electron chi connectivity index (χ0n) is 60.3. The summed E-state index contributed by atoms with van der Waals surface area (Å²) in [5.74, 6) is 1.16. The van der Waals surface area contributed by atoms with Gasteiger partial charge in [-0.15, -0.1) is 16.6 Å². The van der Waals surface area contributed by atoms with Crippen LogP contribution in [0.3, 0.4) is 0 Å². The van der Waals surface area contributed by atoms with Crippen LogP contribution in [0.5, 0.6) is 0 Å². The number of azide groups is 1. The maximum atomic E-state index is 12.2. The SMILES string of the molecule is C#Cc1cc(-c2cccc(C#N)c2)nc(NCC(=O)OC(C)(C)C)n1.CCc1cccc(CN=[N+]=[N-])n1.CCc1cccc(Cn2cc(-c3cc(-c4cccc(C#N)c4)nc(NCC(=O)O)n3)nn2)n1.CCc1cccc(Cn2cc(-c3cc(-c4cccc(C#N)c4)nc(NCC(=O)OC(C)(C)C)n3)nn2)n1. The molecule has 3 aromatic carbocycles. The Labute approximate surface area is 617 Å². The van der Waals surface area contributed by atoms with Crippen molar-refractivity contribution in [2.45, 2.75) is 112 Å². The van der Waals surface area contributed by atoms with Gasteiger partial charge in [0.15, 0.2) is 0 Å². The van der Waals surface area contributed by atoms with E-state index < -0.39 is 29.1 Å². The Morgan fingerprint density at radius 3 is 1.21 bits per heavy atom. The van der Waals surface area contributed by atoms with Crippen LogP contribution >= 0.6 is 0 Å². The molecule has 0 unspecified atom stereocenters. The molecule has 0 atom stereocenters. The highest BCUT2D eigenvalue weighted by Crippen LogP contribution is 2.28. The number of hydrogen-bond acceptors (Lipinski definition) is 25. The number of terminal acetylenes is 1. The van der Waals surface area contributed by atoms with Crippen LogP contribution in [-0.2, 0) is 62.8 Å². The van der Waals surface area contributed by atoms with Gasteiger partial charge in [-0.05, 0) is 157 Å². The molecule has 0 spiro atoms. The maximum absolute atomic E-state index is 12.2. The number of nitrogens with zero attached hydrogens (tertiary/aromatic N) is 21. The minimum atomic E-state index is -1.04. The number of aliphatic carboxylic acids is 1. The Kier molecular flexibility index (Phi) is 28.0. The third-order valence-electron chi connectivity index (χ3n) is 14.4. The van der Waals surface area contributed by atoms with E-state index in [4.69, 9.17) is 31.8 Å². The lowest BCUT2D eigenvalue weighted by atomic mass is 10.1. The molecule has 107 heavy (non-hydrogen) atoms. The van der Waals surface area contributed by atoms with Crippen molar-refractivity contribution in [3.05, 3.63) is 225 Å². The Bertz CT molecular complexity index is 5160. The zero-order chi connectivity index (χ0) is 76.9. The molecule has 0 radical (unpaired) electrons. The number of ether oxygens (including phenoxy) is 2. The number of nitriles is 3. The molecular formula is C77H76N24O6. The Hall–Kier alpha value is -14.2. The second kappa shape index (κ2) is 38.2. The Morgan fingerprint density at radius 2 is 0.841 bits per heavy atom. The number of esters is 2. The summed E-state index contributed by atoms with van der Waals surface area (Å²) in [5.41, 5.74) is 20.3. The van der Waals surface area contributed by atoms with Crippen molar-refractivity contribution in [1.82, 2.24) is 74.8 Å². The standard InChI is InChI=1S/C27H28N8O2.C23H20N8O2.C19H18N4O2.C8H10N4/c1-5-20-10-7-11-21(30-20)16-35-17-24(33-34-35)23-13-22(19-9-6-8-18(12-19)14-28)31-26(32-23)29-15-25(36)37-27(2,3)4;1-2-17-7-4-8-18(26-17)13-31-14-21(29-30-31)20-10-19(16-6-3-5-15(9-16)11-24)27-23(28-20)25-12-22(32)33;1-5-15-10-16(14-8-6-7-13(9-14)11-20)23-18(22-15)21-12-17(24)25-19(2,3)4;1-2-7-4-3-5-8(11-7)6-10-12-9/h6-13,17H,5,15-16H2,1-4H3,(H,29,31,32);3-10,14H,2,12-13H2,1H3,(H,32,33)(H,25,27,28);1,6-10H,12H2,2-4H3,(H,21,22,23);3-5H,2,6H2,1H3. The molecule has 30 nitrogen and oxygen atoms in total. The van der Waals surface area contributed by atoms with Crippen molar-refractivity contribution in [2.24, 2.45) is 5.11 Å². The zero-order valence-corrected chi connectivity index (χ0v) is 60.3. The minimum Gasteiger partial charge on any atom is -0.480 e. The largest absolute Gasteiger partial charge is 0.480 e. The molecule has 11 rings (SSSR count).